The van der Waals surface area contributed by atoms with Gasteiger partial charge in [0.05, 0.1) is 11.0 Å². The molecule has 0 radical (unpaired) electrons. The van der Waals surface area contributed by atoms with Crippen LogP contribution in [-0.4, -0.2) is 4.57 Å². The van der Waals surface area contributed by atoms with Crippen LogP contribution in [0.4, 0.5) is 0 Å². The number of nitrogens with zero attached hydrogens (tertiary/aromatic N) is 1. The summed E-state index contributed by atoms with van der Waals surface area (Å²) in [6, 6.07) is 41.2. The lowest BCUT2D eigenvalue weighted by molar-refractivity contribution is 0.672. The zero-order chi connectivity index (χ0) is 22.2. The van der Waals surface area contributed by atoms with Crippen molar-refractivity contribution in [3.05, 3.63) is 115 Å². The lowest BCUT2D eigenvalue weighted by Gasteiger charge is -2.08. The smallest absolute Gasteiger partial charge is 0.143 e. The van der Waals surface area contributed by atoms with Crippen LogP contribution in [0.15, 0.2) is 120 Å². The van der Waals surface area contributed by atoms with Crippen LogP contribution in [0.25, 0.3) is 71.0 Å². The van der Waals surface area contributed by atoms with Gasteiger partial charge in [0.15, 0.2) is 0 Å². The molecule has 8 rings (SSSR count). The summed E-state index contributed by atoms with van der Waals surface area (Å²) in [6.45, 7) is 0. The first kappa shape index (κ1) is 17.9. The highest BCUT2D eigenvalue weighted by Crippen LogP contribution is 2.38. The molecule has 0 aliphatic rings. The van der Waals surface area contributed by atoms with E-state index in [0.717, 1.165) is 33.0 Å². The first-order valence-corrected chi connectivity index (χ1v) is 11.6. The molecule has 0 aliphatic heterocycles. The summed E-state index contributed by atoms with van der Waals surface area (Å²) < 4.78 is 8.85. The maximum atomic E-state index is 6.49. The fraction of sp³-hybridized carbons (Fsp3) is 0. The molecule has 0 aliphatic carbocycles. The van der Waals surface area contributed by atoms with Crippen LogP contribution in [0.1, 0.15) is 0 Å². The second kappa shape index (κ2) is 6.49. The van der Waals surface area contributed by atoms with Crippen LogP contribution in [-0.2, 0) is 0 Å². The molecule has 6 aromatic carbocycles. The van der Waals surface area contributed by atoms with Gasteiger partial charge in [-0.1, -0.05) is 72.8 Å². The Labute approximate surface area is 195 Å². The summed E-state index contributed by atoms with van der Waals surface area (Å²) in [5.74, 6) is 0. The highest BCUT2D eigenvalue weighted by Gasteiger charge is 2.15. The number of furan rings is 1. The van der Waals surface area contributed by atoms with Crippen LogP contribution in [0.2, 0.25) is 0 Å². The van der Waals surface area contributed by atoms with Gasteiger partial charge in [-0.15, -0.1) is 0 Å². The molecule has 0 atom stereocenters. The van der Waals surface area contributed by atoms with Crippen molar-refractivity contribution in [1.29, 1.82) is 0 Å². The van der Waals surface area contributed by atoms with Gasteiger partial charge < -0.3 is 8.98 Å². The maximum Gasteiger partial charge on any atom is 0.143 e. The Morgan fingerprint density at radius 2 is 1.15 bits per heavy atom. The van der Waals surface area contributed by atoms with Crippen molar-refractivity contribution in [2.75, 3.05) is 0 Å². The molecule has 2 heterocycles. The predicted molar refractivity (Wildman–Crippen MR) is 143 cm³/mol. The van der Waals surface area contributed by atoms with Crippen molar-refractivity contribution in [2.24, 2.45) is 0 Å². The number of benzene rings is 6. The lowest BCUT2D eigenvalue weighted by Crippen LogP contribution is -1.93. The topological polar surface area (TPSA) is 18.1 Å². The maximum absolute atomic E-state index is 6.49. The van der Waals surface area contributed by atoms with Gasteiger partial charge in [0.2, 0.25) is 0 Å². The molecule has 0 fully saturated rings. The van der Waals surface area contributed by atoms with Crippen molar-refractivity contribution in [1.82, 2.24) is 4.57 Å². The van der Waals surface area contributed by atoms with Crippen molar-refractivity contribution >= 4 is 65.3 Å². The third-order valence-corrected chi connectivity index (χ3v) is 7.15. The minimum atomic E-state index is 0.913. The summed E-state index contributed by atoms with van der Waals surface area (Å²) in [7, 11) is 0. The number of hydrogen-bond acceptors (Lipinski definition) is 1. The molecule has 0 saturated carbocycles. The van der Waals surface area contributed by atoms with E-state index in [0.29, 0.717) is 0 Å². The molecule has 0 saturated heterocycles. The molecule has 0 spiro atoms. The van der Waals surface area contributed by atoms with Gasteiger partial charge >= 0.3 is 0 Å². The van der Waals surface area contributed by atoms with Crippen molar-refractivity contribution < 1.29 is 4.42 Å². The zero-order valence-electron chi connectivity index (χ0n) is 18.3. The summed E-state index contributed by atoms with van der Waals surface area (Å²) in [5.41, 5.74) is 5.39. The van der Waals surface area contributed by atoms with Crippen molar-refractivity contribution in [2.45, 2.75) is 0 Å². The summed E-state index contributed by atoms with van der Waals surface area (Å²) in [5, 5.41) is 9.70. The first-order chi connectivity index (χ1) is 16.8. The molecular weight excluding hydrogens is 414 g/mol. The Balaban J connectivity index is 1.47. The van der Waals surface area contributed by atoms with E-state index in [2.05, 4.69) is 120 Å². The number of aromatic nitrogens is 1. The van der Waals surface area contributed by atoms with E-state index in [9.17, 15) is 0 Å². The van der Waals surface area contributed by atoms with Gasteiger partial charge in [-0.25, -0.2) is 0 Å². The Kier molecular flexibility index (Phi) is 3.42. The largest absolute Gasteiger partial charge is 0.455 e. The van der Waals surface area contributed by atoms with E-state index >= 15 is 0 Å². The molecule has 0 unspecified atom stereocenters. The molecule has 158 valence electrons. The molecule has 2 nitrogen and oxygen atoms in total. The molecule has 0 N–H and O–H groups in total. The van der Waals surface area contributed by atoms with Crippen LogP contribution in [0, 0.1) is 0 Å². The Morgan fingerprint density at radius 1 is 0.441 bits per heavy atom. The zero-order valence-corrected chi connectivity index (χ0v) is 18.3. The molecular formula is C32H19NO. The highest BCUT2D eigenvalue weighted by molar-refractivity contribution is 6.16. The van der Waals surface area contributed by atoms with Gasteiger partial charge in [-0.05, 0) is 52.6 Å². The van der Waals surface area contributed by atoms with E-state index in [-0.39, 0.29) is 0 Å². The molecule has 2 aromatic heterocycles. The van der Waals surface area contributed by atoms with Crippen LogP contribution in [0.5, 0.6) is 0 Å². The van der Waals surface area contributed by atoms with Crippen molar-refractivity contribution in [3.8, 4) is 5.69 Å². The van der Waals surface area contributed by atoms with Gasteiger partial charge in [0.25, 0.3) is 0 Å². The summed E-state index contributed by atoms with van der Waals surface area (Å²) in [6.07, 6.45) is 0. The van der Waals surface area contributed by atoms with Gasteiger partial charge in [0, 0.05) is 38.7 Å². The quantitative estimate of drug-likeness (QED) is 0.253. The minimum Gasteiger partial charge on any atom is -0.455 e. The van der Waals surface area contributed by atoms with E-state index in [1.807, 2.05) is 0 Å². The molecule has 0 amide bonds. The number of fused-ring (bicyclic) bond motifs is 9. The fourth-order valence-electron chi connectivity index (χ4n) is 5.57. The van der Waals surface area contributed by atoms with E-state index in [1.165, 1.54) is 38.0 Å². The molecule has 34 heavy (non-hydrogen) atoms. The van der Waals surface area contributed by atoms with Gasteiger partial charge in [-0.3, -0.25) is 0 Å². The van der Waals surface area contributed by atoms with Crippen LogP contribution < -0.4 is 0 Å². The van der Waals surface area contributed by atoms with E-state index in [4.69, 9.17) is 4.42 Å². The number of rotatable bonds is 1. The average Bonchev–Trinajstić information content (AvgIpc) is 3.42. The molecule has 8 aromatic rings. The standard InChI is InChI=1S/C32H19NO/c1-2-9-22-18-30-28(17-21(22)8-1)25-11-5-6-12-29(25)33(30)23-14-16-26-27-15-13-20-7-3-4-10-24(20)32(27)34-31(26)19-23/h1-19H. The number of para-hydroxylation sites is 1. The third kappa shape index (κ3) is 2.35. The van der Waals surface area contributed by atoms with Gasteiger partial charge in [-0.2, -0.15) is 0 Å². The predicted octanol–water partition coefficient (Wildman–Crippen LogP) is 8.99. The van der Waals surface area contributed by atoms with Gasteiger partial charge in [0.1, 0.15) is 11.2 Å². The fourth-order valence-corrected chi connectivity index (χ4v) is 5.57. The second-order valence-corrected chi connectivity index (χ2v) is 9.01. The Morgan fingerprint density at radius 3 is 2.03 bits per heavy atom. The number of hydrogen-bond donors (Lipinski definition) is 0. The molecule has 0 bridgehead atoms. The van der Waals surface area contributed by atoms with E-state index in [1.54, 1.807) is 0 Å². The highest BCUT2D eigenvalue weighted by atomic mass is 16.3. The van der Waals surface area contributed by atoms with Crippen LogP contribution >= 0.6 is 0 Å². The monoisotopic (exact) mass is 433 g/mol. The third-order valence-electron chi connectivity index (χ3n) is 7.15. The normalized spacial score (nSPS) is 12.1. The SMILES string of the molecule is c1ccc2cc3c(cc2c1)c1ccccc1n3-c1ccc2c(c1)oc1c3ccccc3ccc21. The average molecular weight is 434 g/mol. The van der Waals surface area contributed by atoms with Crippen LogP contribution in [0.3, 0.4) is 0 Å². The Hall–Kier alpha value is -4.56. The van der Waals surface area contributed by atoms with E-state index < -0.39 is 0 Å². The Bertz CT molecular complexity index is 2070. The first-order valence-electron chi connectivity index (χ1n) is 11.6. The lowest BCUT2D eigenvalue weighted by atomic mass is 10.1. The molecule has 2 heteroatoms. The minimum absolute atomic E-state index is 0.913. The second-order valence-electron chi connectivity index (χ2n) is 9.01. The summed E-state index contributed by atoms with van der Waals surface area (Å²) in [4.78, 5) is 0. The van der Waals surface area contributed by atoms with Crippen molar-refractivity contribution in [3.63, 3.8) is 0 Å². The summed E-state index contributed by atoms with van der Waals surface area (Å²) >= 11 is 0.